The van der Waals surface area contributed by atoms with Crippen molar-refractivity contribution in [1.29, 1.82) is 0 Å². The number of hydrogen-bond donors (Lipinski definition) is 2. The van der Waals surface area contributed by atoms with Crippen LogP contribution in [0.25, 0.3) is 0 Å². The van der Waals surface area contributed by atoms with Gasteiger partial charge in [0.05, 0.1) is 6.61 Å². The summed E-state index contributed by atoms with van der Waals surface area (Å²) in [5.74, 6) is 0. The van der Waals surface area contributed by atoms with E-state index in [-0.39, 0.29) is 18.8 Å². The minimum atomic E-state index is -0.241. The molecule has 172 valence electrons. The third-order valence-corrected chi connectivity index (χ3v) is 6.11. The van der Waals surface area contributed by atoms with Crippen LogP contribution in [0.5, 0.6) is 0 Å². The predicted molar refractivity (Wildman–Crippen MR) is 126 cm³/mol. The lowest BCUT2D eigenvalue weighted by molar-refractivity contribution is -0.0889. The van der Waals surface area contributed by atoms with Crippen LogP contribution < -0.4 is 5.32 Å². The molecule has 2 atom stereocenters. The monoisotopic (exact) mass is 429 g/mol. The lowest BCUT2D eigenvalue weighted by Crippen LogP contribution is -2.42. The maximum absolute atomic E-state index is 9.33. The van der Waals surface area contributed by atoms with E-state index in [1.54, 1.807) is 0 Å². The molecule has 0 radical (unpaired) electrons. The highest BCUT2D eigenvalue weighted by Crippen LogP contribution is 2.17. The van der Waals surface area contributed by atoms with Crippen LogP contribution in [0.1, 0.15) is 116 Å². The quantitative estimate of drug-likeness (QED) is 0.198. The van der Waals surface area contributed by atoms with Crippen molar-refractivity contribution in [2.24, 2.45) is 0 Å². The van der Waals surface area contributed by atoms with Crippen molar-refractivity contribution in [2.75, 3.05) is 19.8 Å². The highest BCUT2D eigenvalue weighted by Gasteiger charge is 2.27. The van der Waals surface area contributed by atoms with E-state index < -0.39 is 0 Å². The Morgan fingerprint density at radius 3 is 1.93 bits per heavy atom. The van der Waals surface area contributed by atoms with Crippen LogP contribution in [0, 0.1) is 0 Å². The average Bonchev–Trinajstić information content (AvgIpc) is 2.74. The predicted octanol–water partition coefficient (Wildman–Crippen LogP) is 6.29. The SMILES string of the molecule is CCCCCCCCCCCCCCCCCNC(=S)O[C@H]1CCCO[C@H]1CO. The van der Waals surface area contributed by atoms with Crippen LogP contribution in [0.2, 0.25) is 0 Å². The zero-order valence-electron chi connectivity index (χ0n) is 19.0. The molecule has 2 N–H and O–H groups in total. The van der Waals surface area contributed by atoms with Crippen LogP contribution in [0.4, 0.5) is 0 Å². The zero-order chi connectivity index (χ0) is 21.0. The summed E-state index contributed by atoms with van der Waals surface area (Å²) in [5.41, 5.74) is 0. The van der Waals surface area contributed by atoms with Crippen LogP contribution in [0.15, 0.2) is 0 Å². The molecule has 0 spiro atoms. The topological polar surface area (TPSA) is 50.7 Å². The van der Waals surface area contributed by atoms with Crippen LogP contribution in [-0.4, -0.2) is 42.2 Å². The molecule has 1 rings (SSSR count). The van der Waals surface area contributed by atoms with E-state index in [0.717, 1.165) is 25.8 Å². The van der Waals surface area contributed by atoms with Gasteiger partial charge in [0.2, 0.25) is 0 Å². The molecular formula is C24H47NO3S. The summed E-state index contributed by atoms with van der Waals surface area (Å²) >= 11 is 5.27. The Balaban J connectivity index is 1.80. The molecule has 1 fully saturated rings. The summed E-state index contributed by atoms with van der Waals surface area (Å²) in [6, 6.07) is 0. The smallest absolute Gasteiger partial charge is 0.256 e. The molecule has 0 aliphatic carbocycles. The van der Waals surface area contributed by atoms with E-state index in [1.165, 1.54) is 89.9 Å². The van der Waals surface area contributed by atoms with E-state index >= 15 is 0 Å². The number of rotatable bonds is 18. The minimum absolute atomic E-state index is 0.00761. The summed E-state index contributed by atoms with van der Waals surface area (Å²) in [5, 5.41) is 13.0. The number of thiocarbonyl (C=S) groups is 1. The second-order valence-electron chi connectivity index (χ2n) is 8.55. The molecular weight excluding hydrogens is 382 g/mol. The first-order chi connectivity index (χ1) is 14.3. The van der Waals surface area contributed by atoms with E-state index in [1.807, 2.05) is 0 Å². The largest absolute Gasteiger partial charge is 0.465 e. The third kappa shape index (κ3) is 15.1. The van der Waals surface area contributed by atoms with Crippen LogP contribution in [0.3, 0.4) is 0 Å². The minimum Gasteiger partial charge on any atom is -0.465 e. The second kappa shape index (κ2) is 19.6. The first-order valence-corrected chi connectivity index (χ1v) is 12.9. The van der Waals surface area contributed by atoms with Crippen molar-refractivity contribution in [3.05, 3.63) is 0 Å². The number of unbranched alkanes of at least 4 members (excludes halogenated alkanes) is 14. The fourth-order valence-electron chi connectivity index (χ4n) is 3.98. The van der Waals surface area contributed by atoms with E-state index in [0.29, 0.717) is 11.8 Å². The van der Waals surface area contributed by atoms with Crippen LogP contribution in [-0.2, 0) is 9.47 Å². The number of aliphatic hydroxyl groups is 1. The van der Waals surface area contributed by atoms with Gasteiger partial charge in [0.1, 0.15) is 12.2 Å². The zero-order valence-corrected chi connectivity index (χ0v) is 19.8. The lowest BCUT2D eigenvalue weighted by Gasteiger charge is -2.30. The van der Waals surface area contributed by atoms with Gasteiger partial charge in [-0.3, -0.25) is 0 Å². The number of hydrogen-bond acceptors (Lipinski definition) is 4. The van der Waals surface area contributed by atoms with Crippen molar-refractivity contribution >= 4 is 17.4 Å². The van der Waals surface area contributed by atoms with Gasteiger partial charge in [-0.15, -0.1) is 0 Å². The number of nitrogens with one attached hydrogen (secondary N) is 1. The van der Waals surface area contributed by atoms with Gasteiger partial charge in [0, 0.05) is 13.2 Å². The molecule has 1 saturated heterocycles. The summed E-state index contributed by atoms with van der Waals surface area (Å²) in [6.45, 7) is 3.84. The first-order valence-electron chi connectivity index (χ1n) is 12.4. The molecule has 0 aromatic rings. The Bertz CT molecular complexity index is 381. The Kier molecular flexibility index (Phi) is 18.0. The summed E-state index contributed by atoms with van der Waals surface area (Å²) in [4.78, 5) is 0. The van der Waals surface area contributed by atoms with Crippen molar-refractivity contribution < 1.29 is 14.6 Å². The van der Waals surface area contributed by atoms with Crippen molar-refractivity contribution in [3.63, 3.8) is 0 Å². The normalized spacial score (nSPS) is 19.2. The molecule has 0 aromatic carbocycles. The highest BCUT2D eigenvalue weighted by atomic mass is 32.1. The summed E-state index contributed by atoms with van der Waals surface area (Å²) in [6.07, 6.45) is 22.1. The number of ether oxygens (including phenoxy) is 2. The molecule has 5 heteroatoms. The molecule has 29 heavy (non-hydrogen) atoms. The van der Waals surface area contributed by atoms with Gasteiger partial charge < -0.3 is 19.9 Å². The van der Waals surface area contributed by atoms with Gasteiger partial charge in [-0.05, 0) is 31.5 Å². The lowest BCUT2D eigenvalue weighted by atomic mass is 10.0. The van der Waals surface area contributed by atoms with Gasteiger partial charge in [0.15, 0.2) is 0 Å². The fourth-order valence-corrected chi connectivity index (χ4v) is 4.21. The molecule has 4 nitrogen and oxygen atoms in total. The molecule has 1 aliphatic heterocycles. The first kappa shape index (κ1) is 26.6. The average molecular weight is 430 g/mol. The molecule has 0 amide bonds. The van der Waals surface area contributed by atoms with E-state index in [9.17, 15) is 5.11 Å². The van der Waals surface area contributed by atoms with E-state index in [2.05, 4.69) is 12.2 Å². The number of aliphatic hydroxyl groups excluding tert-OH is 1. The highest BCUT2D eigenvalue weighted by molar-refractivity contribution is 7.80. The van der Waals surface area contributed by atoms with Gasteiger partial charge in [-0.2, -0.15) is 0 Å². The summed E-state index contributed by atoms with van der Waals surface area (Å²) < 4.78 is 11.3. The Hall–Kier alpha value is -0.390. The molecule has 1 aliphatic rings. The maximum Gasteiger partial charge on any atom is 0.256 e. The Morgan fingerprint density at radius 2 is 1.41 bits per heavy atom. The Morgan fingerprint density at radius 1 is 0.897 bits per heavy atom. The van der Waals surface area contributed by atoms with Crippen molar-refractivity contribution in [1.82, 2.24) is 5.32 Å². The van der Waals surface area contributed by atoms with Gasteiger partial charge in [0.25, 0.3) is 5.17 Å². The van der Waals surface area contributed by atoms with Gasteiger partial charge in [-0.25, -0.2) is 0 Å². The molecule has 0 unspecified atom stereocenters. The second-order valence-corrected chi connectivity index (χ2v) is 8.93. The van der Waals surface area contributed by atoms with Crippen molar-refractivity contribution in [3.8, 4) is 0 Å². The van der Waals surface area contributed by atoms with Gasteiger partial charge >= 0.3 is 0 Å². The molecule has 0 aromatic heterocycles. The maximum atomic E-state index is 9.33. The van der Waals surface area contributed by atoms with Crippen LogP contribution >= 0.6 is 12.2 Å². The summed E-state index contributed by atoms with van der Waals surface area (Å²) in [7, 11) is 0. The molecule has 1 heterocycles. The third-order valence-electron chi connectivity index (χ3n) is 5.87. The van der Waals surface area contributed by atoms with Gasteiger partial charge in [-0.1, -0.05) is 96.8 Å². The molecule has 0 bridgehead atoms. The van der Waals surface area contributed by atoms with E-state index in [4.69, 9.17) is 21.7 Å². The Labute approximate surface area is 185 Å². The molecule has 0 saturated carbocycles. The standard InChI is InChI=1S/C24H47NO3S/c1-2-3-4-5-6-7-8-9-10-11-12-13-14-15-16-19-25-24(29)28-22-18-17-20-27-23(22)21-26/h22-23,26H,2-21H2,1H3,(H,25,29)/t22-,23-/m0/s1. The fraction of sp³-hybridized carbons (Fsp3) is 0.958. The van der Waals surface area contributed by atoms with Crippen molar-refractivity contribution in [2.45, 2.75) is 128 Å².